The topological polar surface area (TPSA) is 12.0 Å². The average molecular weight is 276 g/mol. The van der Waals surface area contributed by atoms with Gasteiger partial charge in [0.25, 0.3) is 0 Å². The van der Waals surface area contributed by atoms with Crippen molar-refractivity contribution in [2.75, 3.05) is 6.54 Å². The van der Waals surface area contributed by atoms with Crippen molar-refractivity contribution in [1.29, 1.82) is 0 Å². The normalized spacial score (nSPS) is 18.7. The van der Waals surface area contributed by atoms with E-state index in [2.05, 4.69) is 17.4 Å². The summed E-state index contributed by atoms with van der Waals surface area (Å²) in [4.78, 5) is 0. The highest BCUT2D eigenvalue weighted by Gasteiger charge is 2.16. The quantitative estimate of drug-likeness (QED) is 0.846. The smallest absolute Gasteiger partial charge is 0.131 e. The Balaban J connectivity index is 1.91. The van der Waals surface area contributed by atoms with E-state index >= 15 is 0 Å². The molecule has 0 saturated carbocycles. The zero-order valence-corrected chi connectivity index (χ0v) is 11.3. The van der Waals surface area contributed by atoms with Crippen molar-refractivity contribution in [1.82, 2.24) is 5.32 Å². The van der Waals surface area contributed by atoms with Crippen molar-refractivity contribution in [3.63, 3.8) is 0 Å². The van der Waals surface area contributed by atoms with Crippen molar-refractivity contribution in [2.24, 2.45) is 0 Å². The number of halogens is 2. The van der Waals surface area contributed by atoms with Gasteiger partial charge in [0.05, 0.1) is 0 Å². The highest BCUT2D eigenvalue weighted by atomic mass is 35.5. The Morgan fingerprint density at radius 2 is 1.89 bits per heavy atom. The molecule has 1 N–H and O–H groups in total. The summed E-state index contributed by atoms with van der Waals surface area (Å²) in [5.74, 6) is -0.240. The zero-order valence-electron chi connectivity index (χ0n) is 10.5. The maximum Gasteiger partial charge on any atom is 0.131 e. The number of hydrogen-bond acceptors (Lipinski definition) is 1. The van der Waals surface area contributed by atoms with Gasteiger partial charge in [-0.25, -0.2) is 4.39 Å². The Hall–Kier alpha value is -1.38. The molecule has 1 atom stereocenters. The van der Waals surface area contributed by atoms with Gasteiger partial charge in [-0.15, -0.1) is 0 Å². The lowest BCUT2D eigenvalue weighted by molar-refractivity contribution is 0.631. The fourth-order valence-corrected chi connectivity index (χ4v) is 2.75. The molecule has 19 heavy (non-hydrogen) atoms. The third-order valence-corrected chi connectivity index (χ3v) is 3.85. The first-order valence-electron chi connectivity index (χ1n) is 6.53. The van der Waals surface area contributed by atoms with Gasteiger partial charge in [0.1, 0.15) is 5.82 Å². The SMILES string of the molecule is Fc1ccc(Cl)cc1-c1ccc(C2CCCN2)cc1. The first kappa shape index (κ1) is 12.6. The van der Waals surface area contributed by atoms with Crippen LogP contribution >= 0.6 is 11.6 Å². The first-order valence-corrected chi connectivity index (χ1v) is 6.90. The molecule has 0 radical (unpaired) electrons. The molecule has 3 heteroatoms. The molecule has 3 rings (SSSR count). The monoisotopic (exact) mass is 275 g/mol. The summed E-state index contributed by atoms with van der Waals surface area (Å²) < 4.78 is 13.8. The predicted molar refractivity (Wildman–Crippen MR) is 76.8 cm³/mol. The molecule has 1 nitrogen and oxygen atoms in total. The van der Waals surface area contributed by atoms with Crippen molar-refractivity contribution < 1.29 is 4.39 Å². The Morgan fingerprint density at radius 3 is 2.58 bits per heavy atom. The number of rotatable bonds is 2. The molecule has 0 aromatic heterocycles. The van der Waals surface area contributed by atoms with Gasteiger partial charge in [-0.05, 0) is 48.7 Å². The molecular formula is C16H15ClFN. The first-order chi connectivity index (χ1) is 9.24. The molecule has 0 bridgehead atoms. The molecule has 1 fully saturated rings. The molecule has 0 aliphatic carbocycles. The van der Waals surface area contributed by atoms with Crippen molar-refractivity contribution in [3.8, 4) is 11.1 Å². The largest absolute Gasteiger partial charge is 0.310 e. The van der Waals surface area contributed by atoms with Crippen LogP contribution in [0.1, 0.15) is 24.4 Å². The van der Waals surface area contributed by atoms with Gasteiger partial charge in [0.2, 0.25) is 0 Å². The molecule has 98 valence electrons. The maximum atomic E-state index is 13.8. The van der Waals surface area contributed by atoms with Gasteiger partial charge in [-0.3, -0.25) is 0 Å². The summed E-state index contributed by atoms with van der Waals surface area (Å²) in [7, 11) is 0. The highest BCUT2D eigenvalue weighted by molar-refractivity contribution is 6.30. The van der Waals surface area contributed by atoms with Crippen LogP contribution in [-0.4, -0.2) is 6.54 Å². The van der Waals surface area contributed by atoms with Crippen LogP contribution < -0.4 is 5.32 Å². The number of benzene rings is 2. The third-order valence-electron chi connectivity index (χ3n) is 3.61. The average Bonchev–Trinajstić information content (AvgIpc) is 2.96. The third kappa shape index (κ3) is 2.65. The van der Waals surface area contributed by atoms with E-state index in [-0.39, 0.29) is 5.82 Å². The summed E-state index contributed by atoms with van der Waals surface area (Å²) in [5.41, 5.74) is 2.68. The fourth-order valence-electron chi connectivity index (χ4n) is 2.58. The molecule has 0 amide bonds. The Morgan fingerprint density at radius 1 is 1.11 bits per heavy atom. The lowest BCUT2D eigenvalue weighted by Crippen LogP contribution is -2.12. The van der Waals surface area contributed by atoms with Crippen LogP contribution in [0.4, 0.5) is 4.39 Å². The second kappa shape index (κ2) is 5.32. The molecule has 2 aromatic carbocycles. The van der Waals surface area contributed by atoms with E-state index in [0.717, 1.165) is 12.1 Å². The van der Waals surface area contributed by atoms with Gasteiger partial charge in [0, 0.05) is 16.6 Å². The highest BCUT2D eigenvalue weighted by Crippen LogP contribution is 2.29. The van der Waals surface area contributed by atoms with E-state index in [0.29, 0.717) is 16.6 Å². The summed E-state index contributed by atoms with van der Waals surface area (Å²) in [6.07, 6.45) is 2.39. The minimum atomic E-state index is -0.240. The van der Waals surface area contributed by atoms with Crippen LogP contribution in [0.25, 0.3) is 11.1 Å². The molecular weight excluding hydrogens is 261 g/mol. The molecule has 1 aliphatic rings. The van der Waals surface area contributed by atoms with Crippen LogP contribution in [0.3, 0.4) is 0 Å². The summed E-state index contributed by atoms with van der Waals surface area (Å²) in [5, 5.41) is 4.01. The molecule has 1 heterocycles. The maximum absolute atomic E-state index is 13.8. The van der Waals surface area contributed by atoms with E-state index in [1.165, 1.54) is 24.5 Å². The van der Waals surface area contributed by atoms with Crippen molar-refractivity contribution in [2.45, 2.75) is 18.9 Å². The van der Waals surface area contributed by atoms with Gasteiger partial charge < -0.3 is 5.32 Å². The Bertz CT molecular complexity index is 574. The van der Waals surface area contributed by atoms with Crippen LogP contribution in [-0.2, 0) is 0 Å². The standard InChI is InChI=1S/C16H15ClFN/c17-13-7-8-15(18)14(10-13)11-3-5-12(6-4-11)16-2-1-9-19-16/h3-8,10,16,19H,1-2,9H2. The van der Waals surface area contributed by atoms with Gasteiger partial charge in [-0.1, -0.05) is 35.9 Å². The lowest BCUT2D eigenvalue weighted by Gasteiger charge is -2.11. The van der Waals surface area contributed by atoms with Crippen molar-refractivity contribution in [3.05, 3.63) is 58.9 Å². The van der Waals surface area contributed by atoms with Gasteiger partial charge in [-0.2, -0.15) is 0 Å². The molecule has 1 aliphatic heterocycles. The minimum absolute atomic E-state index is 0.240. The Kier molecular flexibility index (Phi) is 3.54. The molecule has 1 saturated heterocycles. The molecule has 2 aromatic rings. The van der Waals surface area contributed by atoms with Crippen LogP contribution in [0, 0.1) is 5.82 Å². The molecule has 0 spiro atoms. The van der Waals surface area contributed by atoms with E-state index in [1.807, 2.05) is 12.1 Å². The summed E-state index contributed by atoms with van der Waals surface area (Å²) in [6.45, 7) is 1.08. The van der Waals surface area contributed by atoms with Crippen LogP contribution in [0.2, 0.25) is 5.02 Å². The number of hydrogen-bond donors (Lipinski definition) is 1. The van der Waals surface area contributed by atoms with Crippen LogP contribution in [0.15, 0.2) is 42.5 Å². The Labute approximate surface area is 117 Å². The zero-order chi connectivity index (χ0) is 13.2. The number of nitrogens with one attached hydrogen (secondary N) is 1. The van der Waals surface area contributed by atoms with Gasteiger partial charge in [0.15, 0.2) is 0 Å². The van der Waals surface area contributed by atoms with E-state index in [9.17, 15) is 4.39 Å². The van der Waals surface area contributed by atoms with E-state index in [4.69, 9.17) is 11.6 Å². The predicted octanol–water partition coefficient (Wildman–Crippen LogP) is 4.57. The second-order valence-electron chi connectivity index (χ2n) is 4.90. The van der Waals surface area contributed by atoms with E-state index < -0.39 is 0 Å². The van der Waals surface area contributed by atoms with E-state index in [1.54, 1.807) is 12.1 Å². The van der Waals surface area contributed by atoms with Crippen LogP contribution in [0.5, 0.6) is 0 Å². The van der Waals surface area contributed by atoms with Gasteiger partial charge >= 0.3 is 0 Å². The lowest BCUT2D eigenvalue weighted by atomic mass is 10.00. The fraction of sp³-hybridized carbons (Fsp3) is 0.250. The minimum Gasteiger partial charge on any atom is -0.310 e. The summed E-state index contributed by atoms with van der Waals surface area (Å²) >= 11 is 5.92. The second-order valence-corrected chi connectivity index (χ2v) is 5.33. The van der Waals surface area contributed by atoms with Crippen molar-refractivity contribution >= 4 is 11.6 Å². The summed E-state index contributed by atoms with van der Waals surface area (Å²) in [6, 6.07) is 13.1. The molecule has 1 unspecified atom stereocenters.